The molecule has 0 saturated heterocycles. The number of hydrogen-bond acceptors (Lipinski definition) is 3. The number of nitrogens with one attached hydrogen (secondary N) is 1. The number of nitrogens with zero attached hydrogens (tertiary/aromatic N) is 3. The molecule has 0 unspecified atom stereocenters. The first-order chi connectivity index (χ1) is 9.49. The van der Waals surface area contributed by atoms with Gasteiger partial charge in [-0.2, -0.15) is 0 Å². The Bertz CT molecular complexity index is 584. The minimum atomic E-state index is 0.667. The highest BCUT2D eigenvalue weighted by Gasteiger charge is 2.09. The van der Waals surface area contributed by atoms with E-state index in [1.165, 1.54) is 11.1 Å². The molecule has 0 fully saturated rings. The highest BCUT2D eigenvalue weighted by molar-refractivity contribution is 5.37. The molecule has 0 aromatic carbocycles. The Morgan fingerprint density at radius 3 is 2.50 bits per heavy atom. The van der Waals surface area contributed by atoms with Crippen LogP contribution in [0.2, 0.25) is 0 Å². The van der Waals surface area contributed by atoms with Crippen molar-refractivity contribution < 1.29 is 0 Å². The second-order valence-corrected chi connectivity index (χ2v) is 5.79. The quantitative estimate of drug-likeness (QED) is 0.910. The van der Waals surface area contributed by atoms with E-state index in [0.717, 1.165) is 30.3 Å². The third-order valence-corrected chi connectivity index (χ3v) is 3.47. The minimum Gasteiger partial charge on any atom is -0.312 e. The first kappa shape index (κ1) is 14.7. The van der Waals surface area contributed by atoms with Gasteiger partial charge in [0.15, 0.2) is 0 Å². The van der Waals surface area contributed by atoms with Crippen molar-refractivity contribution in [2.45, 2.75) is 41.2 Å². The smallest absolute Gasteiger partial charge is 0.140 e. The zero-order valence-corrected chi connectivity index (χ0v) is 13.1. The lowest BCUT2D eigenvalue weighted by Crippen LogP contribution is -2.19. The Labute approximate surface area is 121 Å². The second-order valence-electron chi connectivity index (χ2n) is 5.79. The molecular weight excluding hydrogens is 248 g/mol. The van der Waals surface area contributed by atoms with Crippen LogP contribution < -0.4 is 5.32 Å². The molecule has 2 rings (SSSR count). The van der Waals surface area contributed by atoms with Crippen LogP contribution in [0, 0.1) is 26.7 Å². The van der Waals surface area contributed by atoms with Crippen molar-refractivity contribution in [2.24, 2.45) is 5.92 Å². The van der Waals surface area contributed by atoms with Crippen molar-refractivity contribution in [3.63, 3.8) is 0 Å². The van der Waals surface area contributed by atoms with E-state index in [4.69, 9.17) is 0 Å². The summed E-state index contributed by atoms with van der Waals surface area (Å²) in [7, 11) is 0. The summed E-state index contributed by atoms with van der Waals surface area (Å²) >= 11 is 0. The van der Waals surface area contributed by atoms with Gasteiger partial charge in [-0.25, -0.2) is 9.97 Å². The van der Waals surface area contributed by atoms with Crippen LogP contribution in [0.3, 0.4) is 0 Å². The van der Waals surface area contributed by atoms with Gasteiger partial charge in [-0.05, 0) is 50.4 Å². The zero-order chi connectivity index (χ0) is 14.7. The molecule has 0 aliphatic rings. The van der Waals surface area contributed by atoms with E-state index in [1.807, 2.05) is 19.4 Å². The molecule has 0 aliphatic carbocycles. The van der Waals surface area contributed by atoms with E-state index in [9.17, 15) is 0 Å². The molecule has 0 radical (unpaired) electrons. The van der Waals surface area contributed by atoms with Crippen molar-refractivity contribution in [3.05, 3.63) is 41.1 Å². The van der Waals surface area contributed by atoms with Gasteiger partial charge in [0.05, 0.1) is 5.69 Å². The van der Waals surface area contributed by atoms with E-state index >= 15 is 0 Å². The summed E-state index contributed by atoms with van der Waals surface area (Å²) in [5, 5.41) is 3.44. The molecule has 4 nitrogen and oxygen atoms in total. The zero-order valence-electron chi connectivity index (χ0n) is 13.1. The van der Waals surface area contributed by atoms with Crippen LogP contribution in [0.5, 0.6) is 0 Å². The lowest BCUT2D eigenvalue weighted by molar-refractivity contribution is 0.551. The first-order valence-electron chi connectivity index (χ1n) is 7.16. The van der Waals surface area contributed by atoms with E-state index in [2.05, 4.69) is 53.6 Å². The predicted molar refractivity (Wildman–Crippen MR) is 82.1 cm³/mol. The Morgan fingerprint density at radius 2 is 1.95 bits per heavy atom. The Balaban J connectivity index is 2.16. The lowest BCUT2D eigenvalue weighted by Gasteiger charge is -2.11. The summed E-state index contributed by atoms with van der Waals surface area (Å²) in [6.07, 6.45) is 3.79. The molecular formula is C16H24N4. The molecule has 108 valence electrons. The number of hydrogen-bond donors (Lipinski definition) is 1. The van der Waals surface area contributed by atoms with E-state index < -0.39 is 0 Å². The summed E-state index contributed by atoms with van der Waals surface area (Å²) < 4.78 is 2.05. The average molecular weight is 272 g/mol. The fourth-order valence-electron chi connectivity index (χ4n) is 2.19. The van der Waals surface area contributed by atoms with Crippen molar-refractivity contribution in [3.8, 4) is 5.82 Å². The third-order valence-electron chi connectivity index (χ3n) is 3.47. The summed E-state index contributed by atoms with van der Waals surface area (Å²) in [6.45, 7) is 12.5. The molecule has 0 spiro atoms. The molecule has 0 saturated carbocycles. The van der Waals surface area contributed by atoms with Crippen molar-refractivity contribution >= 4 is 0 Å². The van der Waals surface area contributed by atoms with Crippen molar-refractivity contribution in [1.29, 1.82) is 0 Å². The number of rotatable bonds is 5. The fraction of sp³-hybridized carbons (Fsp3) is 0.500. The normalized spacial score (nSPS) is 11.3. The molecule has 1 N–H and O–H groups in total. The molecule has 2 aromatic rings. The maximum absolute atomic E-state index is 4.60. The van der Waals surface area contributed by atoms with Gasteiger partial charge in [-0.1, -0.05) is 13.8 Å². The largest absolute Gasteiger partial charge is 0.312 e. The molecule has 4 heteroatoms. The van der Waals surface area contributed by atoms with Crippen LogP contribution in [-0.2, 0) is 6.54 Å². The van der Waals surface area contributed by atoms with Crippen LogP contribution in [0.25, 0.3) is 5.82 Å². The maximum atomic E-state index is 4.60. The van der Waals surface area contributed by atoms with Crippen LogP contribution in [0.15, 0.2) is 18.6 Å². The molecule has 20 heavy (non-hydrogen) atoms. The van der Waals surface area contributed by atoms with E-state index in [0.29, 0.717) is 5.92 Å². The standard InChI is InChI=1S/C16H24N4/c1-11(2)7-17-8-15-6-12(3)16(18-9-15)20-10-19-13(4)14(20)5/h6,9-11,17H,7-8H2,1-5H3. The first-order valence-corrected chi connectivity index (χ1v) is 7.16. The number of aromatic nitrogens is 3. The van der Waals surface area contributed by atoms with Crippen molar-refractivity contribution in [1.82, 2.24) is 19.9 Å². The predicted octanol–water partition coefficient (Wildman–Crippen LogP) is 2.94. The van der Waals surface area contributed by atoms with Gasteiger partial charge >= 0.3 is 0 Å². The second kappa shape index (κ2) is 6.18. The van der Waals surface area contributed by atoms with Gasteiger partial charge in [-0.15, -0.1) is 0 Å². The lowest BCUT2D eigenvalue weighted by atomic mass is 10.2. The summed E-state index contributed by atoms with van der Waals surface area (Å²) in [5.74, 6) is 1.63. The molecule has 2 heterocycles. The monoisotopic (exact) mass is 272 g/mol. The topological polar surface area (TPSA) is 42.7 Å². The minimum absolute atomic E-state index is 0.667. The van der Waals surface area contributed by atoms with E-state index in [1.54, 1.807) is 0 Å². The van der Waals surface area contributed by atoms with Gasteiger partial charge in [0.2, 0.25) is 0 Å². The van der Waals surface area contributed by atoms with Crippen LogP contribution in [0.4, 0.5) is 0 Å². The van der Waals surface area contributed by atoms with Gasteiger partial charge < -0.3 is 5.32 Å². The number of aryl methyl sites for hydroxylation is 2. The fourth-order valence-corrected chi connectivity index (χ4v) is 2.19. The van der Waals surface area contributed by atoms with Crippen LogP contribution in [-0.4, -0.2) is 21.1 Å². The van der Waals surface area contributed by atoms with Gasteiger partial charge in [0.25, 0.3) is 0 Å². The van der Waals surface area contributed by atoms with Crippen molar-refractivity contribution in [2.75, 3.05) is 6.54 Å². The average Bonchev–Trinajstić information content (AvgIpc) is 2.70. The van der Waals surface area contributed by atoms with Crippen LogP contribution in [0.1, 0.15) is 36.4 Å². The third kappa shape index (κ3) is 3.25. The SMILES string of the molecule is Cc1cc(CNCC(C)C)cnc1-n1cnc(C)c1C. The van der Waals surface area contributed by atoms with Crippen LogP contribution >= 0.6 is 0 Å². The van der Waals surface area contributed by atoms with Gasteiger partial charge in [-0.3, -0.25) is 4.57 Å². The van der Waals surface area contributed by atoms with Gasteiger partial charge in [0, 0.05) is 18.4 Å². The number of imidazole rings is 1. The summed E-state index contributed by atoms with van der Waals surface area (Å²) in [4.78, 5) is 8.94. The molecule has 2 aromatic heterocycles. The molecule has 0 atom stereocenters. The Hall–Kier alpha value is -1.68. The summed E-state index contributed by atoms with van der Waals surface area (Å²) in [5.41, 5.74) is 4.59. The number of pyridine rings is 1. The van der Waals surface area contributed by atoms with E-state index in [-0.39, 0.29) is 0 Å². The molecule has 0 aliphatic heterocycles. The maximum Gasteiger partial charge on any atom is 0.140 e. The molecule has 0 bridgehead atoms. The molecule has 0 amide bonds. The summed E-state index contributed by atoms with van der Waals surface area (Å²) in [6, 6.07) is 2.20. The highest BCUT2D eigenvalue weighted by Crippen LogP contribution is 2.16. The van der Waals surface area contributed by atoms with Gasteiger partial charge in [0.1, 0.15) is 12.1 Å². The Kier molecular flexibility index (Phi) is 4.55. The highest BCUT2D eigenvalue weighted by atomic mass is 15.1. The Morgan fingerprint density at radius 1 is 1.20 bits per heavy atom.